The van der Waals surface area contributed by atoms with Crippen LogP contribution in [0, 0.1) is 0 Å². The standard InChI is InChI=1S/C15H22O4/c1-16-15(17-2)10-6-7-11-18-13-19-12-14-8-4-3-5-9-14/h3-5,7-9,11,15H,6,10,12-13H2,1-2H3. The number of hydrogen-bond donors (Lipinski definition) is 0. The Morgan fingerprint density at radius 3 is 2.53 bits per heavy atom. The van der Waals surface area contributed by atoms with Crippen molar-refractivity contribution in [2.24, 2.45) is 0 Å². The van der Waals surface area contributed by atoms with Gasteiger partial charge in [0.1, 0.15) is 0 Å². The van der Waals surface area contributed by atoms with Crippen LogP contribution in [0.1, 0.15) is 18.4 Å². The highest BCUT2D eigenvalue weighted by molar-refractivity contribution is 5.13. The van der Waals surface area contributed by atoms with Crippen molar-refractivity contribution in [3.8, 4) is 0 Å². The Bertz CT molecular complexity index is 333. The number of rotatable bonds is 10. The molecule has 0 spiro atoms. The minimum Gasteiger partial charge on any atom is -0.475 e. The van der Waals surface area contributed by atoms with Gasteiger partial charge >= 0.3 is 0 Å². The molecule has 0 aromatic heterocycles. The molecule has 0 radical (unpaired) electrons. The molecule has 0 aliphatic carbocycles. The zero-order valence-corrected chi connectivity index (χ0v) is 11.6. The molecule has 19 heavy (non-hydrogen) atoms. The lowest BCUT2D eigenvalue weighted by molar-refractivity contribution is -0.105. The molecule has 0 N–H and O–H groups in total. The monoisotopic (exact) mass is 266 g/mol. The van der Waals surface area contributed by atoms with E-state index in [0.29, 0.717) is 6.61 Å². The maximum absolute atomic E-state index is 5.37. The van der Waals surface area contributed by atoms with Gasteiger partial charge in [0.25, 0.3) is 0 Å². The van der Waals surface area contributed by atoms with Crippen LogP contribution in [0.4, 0.5) is 0 Å². The fraction of sp³-hybridized carbons (Fsp3) is 0.467. The highest BCUT2D eigenvalue weighted by Crippen LogP contribution is 2.03. The maximum Gasteiger partial charge on any atom is 0.188 e. The van der Waals surface area contributed by atoms with Crippen molar-refractivity contribution in [3.05, 3.63) is 48.2 Å². The van der Waals surface area contributed by atoms with Gasteiger partial charge in [-0.3, -0.25) is 0 Å². The van der Waals surface area contributed by atoms with Crippen LogP contribution < -0.4 is 0 Å². The van der Waals surface area contributed by atoms with Crippen LogP contribution in [0.2, 0.25) is 0 Å². The third kappa shape index (κ3) is 7.62. The van der Waals surface area contributed by atoms with Crippen molar-refractivity contribution in [1.29, 1.82) is 0 Å². The highest BCUT2D eigenvalue weighted by atomic mass is 16.7. The summed E-state index contributed by atoms with van der Waals surface area (Å²) in [5.41, 5.74) is 1.14. The van der Waals surface area contributed by atoms with Crippen molar-refractivity contribution in [2.45, 2.75) is 25.7 Å². The molecule has 1 aromatic rings. The third-order valence-corrected chi connectivity index (χ3v) is 2.55. The molecule has 0 bridgehead atoms. The zero-order valence-electron chi connectivity index (χ0n) is 11.6. The maximum atomic E-state index is 5.37. The summed E-state index contributed by atoms with van der Waals surface area (Å²) in [5, 5.41) is 0. The molecule has 4 nitrogen and oxygen atoms in total. The molecule has 106 valence electrons. The van der Waals surface area contributed by atoms with E-state index in [9.17, 15) is 0 Å². The fourth-order valence-electron chi connectivity index (χ4n) is 1.52. The zero-order chi connectivity index (χ0) is 13.8. The van der Waals surface area contributed by atoms with E-state index in [4.69, 9.17) is 18.9 Å². The lowest BCUT2D eigenvalue weighted by atomic mass is 10.2. The number of methoxy groups -OCH3 is 2. The highest BCUT2D eigenvalue weighted by Gasteiger charge is 2.01. The van der Waals surface area contributed by atoms with Gasteiger partial charge in [0.15, 0.2) is 13.1 Å². The summed E-state index contributed by atoms with van der Waals surface area (Å²) in [6.07, 6.45) is 5.06. The van der Waals surface area contributed by atoms with Crippen LogP contribution in [0.25, 0.3) is 0 Å². The molecule has 1 rings (SSSR count). The van der Waals surface area contributed by atoms with Crippen molar-refractivity contribution < 1.29 is 18.9 Å². The van der Waals surface area contributed by atoms with Crippen LogP contribution >= 0.6 is 0 Å². The molecule has 0 atom stereocenters. The van der Waals surface area contributed by atoms with Gasteiger partial charge in [-0.2, -0.15) is 0 Å². The van der Waals surface area contributed by atoms with E-state index in [1.165, 1.54) is 0 Å². The Morgan fingerprint density at radius 1 is 1.11 bits per heavy atom. The van der Waals surface area contributed by atoms with E-state index in [1.54, 1.807) is 20.5 Å². The third-order valence-electron chi connectivity index (χ3n) is 2.55. The second-order valence-electron chi connectivity index (χ2n) is 3.97. The SMILES string of the molecule is COC(CCC=COCOCc1ccccc1)OC. The van der Waals surface area contributed by atoms with E-state index < -0.39 is 0 Å². The summed E-state index contributed by atoms with van der Waals surface area (Å²) >= 11 is 0. The molecular weight excluding hydrogens is 244 g/mol. The van der Waals surface area contributed by atoms with E-state index in [-0.39, 0.29) is 13.1 Å². The minimum atomic E-state index is -0.154. The topological polar surface area (TPSA) is 36.9 Å². The van der Waals surface area contributed by atoms with Gasteiger partial charge in [-0.15, -0.1) is 0 Å². The van der Waals surface area contributed by atoms with Gasteiger partial charge in [0.2, 0.25) is 0 Å². The molecule has 0 heterocycles. The van der Waals surface area contributed by atoms with Crippen molar-refractivity contribution >= 4 is 0 Å². The first-order valence-electron chi connectivity index (χ1n) is 6.30. The number of hydrogen-bond acceptors (Lipinski definition) is 4. The normalized spacial score (nSPS) is 11.3. The first-order valence-corrected chi connectivity index (χ1v) is 6.30. The summed E-state index contributed by atoms with van der Waals surface area (Å²) in [5.74, 6) is 0. The lowest BCUT2D eigenvalue weighted by Crippen LogP contribution is -2.11. The Labute approximate surface area is 114 Å². The second kappa shape index (κ2) is 10.6. The molecule has 0 saturated carbocycles. The number of allylic oxidation sites excluding steroid dienone is 1. The second-order valence-corrected chi connectivity index (χ2v) is 3.97. The van der Waals surface area contributed by atoms with E-state index in [0.717, 1.165) is 18.4 Å². The molecule has 0 amide bonds. The summed E-state index contributed by atoms with van der Waals surface area (Å²) in [6.45, 7) is 0.813. The van der Waals surface area contributed by atoms with Crippen LogP contribution in [0.5, 0.6) is 0 Å². The number of ether oxygens (including phenoxy) is 4. The van der Waals surface area contributed by atoms with Crippen LogP contribution in [-0.4, -0.2) is 27.3 Å². The summed E-state index contributed by atoms with van der Waals surface area (Å²) in [6, 6.07) is 10.00. The first kappa shape index (κ1) is 15.7. The molecule has 0 fully saturated rings. The molecule has 0 saturated heterocycles. The molecule has 4 heteroatoms. The van der Waals surface area contributed by atoms with Crippen LogP contribution in [-0.2, 0) is 25.6 Å². The first-order chi connectivity index (χ1) is 9.36. The predicted molar refractivity (Wildman–Crippen MR) is 73.4 cm³/mol. The Balaban J connectivity index is 1.98. The quantitative estimate of drug-likeness (QED) is 0.370. The van der Waals surface area contributed by atoms with Crippen LogP contribution in [0.15, 0.2) is 42.7 Å². The Hall–Kier alpha value is -1.36. The Morgan fingerprint density at radius 2 is 1.84 bits per heavy atom. The average molecular weight is 266 g/mol. The predicted octanol–water partition coefficient (Wildman–Crippen LogP) is 3.09. The van der Waals surface area contributed by atoms with Gasteiger partial charge in [-0.05, 0) is 18.1 Å². The summed E-state index contributed by atoms with van der Waals surface area (Å²) in [4.78, 5) is 0. The average Bonchev–Trinajstić information content (AvgIpc) is 2.47. The van der Waals surface area contributed by atoms with Gasteiger partial charge in [0.05, 0.1) is 12.9 Å². The van der Waals surface area contributed by atoms with Gasteiger partial charge in [-0.25, -0.2) is 0 Å². The fourth-order valence-corrected chi connectivity index (χ4v) is 1.52. The largest absolute Gasteiger partial charge is 0.475 e. The van der Waals surface area contributed by atoms with Crippen molar-refractivity contribution in [3.63, 3.8) is 0 Å². The lowest BCUT2D eigenvalue weighted by Gasteiger charge is -2.11. The van der Waals surface area contributed by atoms with E-state index in [1.807, 2.05) is 36.4 Å². The van der Waals surface area contributed by atoms with Crippen molar-refractivity contribution in [1.82, 2.24) is 0 Å². The summed E-state index contributed by atoms with van der Waals surface area (Å²) in [7, 11) is 3.26. The van der Waals surface area contributed by atoms with Gasteiger partial charge in [0, 0.05) is 20.6 Å². The molecule has 0 unspecified atom stereocenters. The Kier molecular flexibility index (Phi) is 8.72. The smallest absolute Gasteiger partial charge is 0.188 e. The minimum absolute atomic E-state index is 0.154. The van der Waals surface area contributed by atoms with E-state index in [2.05, 4.69) is 0 Å². The molecular formula is C15H22O4. The van der Waals surface area contributed by atoms with Crippen molar-refractivity contribution in [2.75, 3.05) is 21.0 Å². The number of benzene rings is 1. The van der Waals surface area contributed by atoms with E-state index >= 15 is 0 Å². The molecule has 0 aliphatic heterocycles. The summed E-state index contributed by atoms with van der Waals surface area (Å²) < 4.78 is 20.7. The molecule has 0 aliphatic rings. The molecule has 1 aromatic carbocycles. The van der Waals surface area contributed by atoms with Crippen LogP contribution in [0.3, 0.4) is 0 Å². The van der Waals surface area contributed by atoms with Gasteiger partial charge < -0.3 is 18.9 Å². The van der Waals surface area contributed by atoms with Gasteiger partial charge in [-0.1, -0.05) is 30.3 Å².